The van der Waals surface area contributed by atoms with Crippen LogP contribution < -0.4 is 16.6 Å². The number of aliphatic hydroxyl groups excluding tert-OH is 3. The molecule has 0 unspecified atom stereocenters. The predicted molar refractivity (Wildman–Crippen MR) is 231 cm³/mol. The summed E-state index contributed by atoms with van der Waals surface area (Å²) in [7, 11) is 0. The molecule has 1 amide bonds. The number of fused-ring (bicyclic) bond motifs is 5. The molecule has 7 rings (SSSR count). The van der Waals surface area contributed by atoms with Crippen molar-refractivity contribution in [1.29, 1.82) is 0 Å². The molecule has 19 nitrogen and oxygen atoms in total. The van der Waals surface area contributed by atoms with Crippen molar-refractivity contribution in [2.45, 2.75) is 128 Å². The summed E-state index contributed by atoms with van der Waals surface area (Å²) in [5.41, 5.74) is -9.84. The maximum atomic E-state index is 14.9. The van der Waals surface area contributed by atoms with Crippen LogP contribution in [0.5, 0.6) is 0 Å². The number of aromatic amines is 2. The third kappa shape index (κ3) is 9.89. The van der Waals surface area contributed by atoms with Crippen molar-refractivity contribution in [2.24, 2.45) is 16.7 Å². The summed E-state index contributed by atoms with van der Waals surface area (Å²) in [4.78, 5) is 92.9. The van der Waals surface area contributed by atoms with Gasteiger partial charge in [0.2, 0.25) is 5.82 Å². The first-order valence-electron chi connectivity index (χ1n) is 21.5. The van der Waals surface area contributed by atoms with Gasteiger partial charge in [-0.2, -0.15) is 4.39 Å². The summed E-state index contributed by atoms with van der Waals surface area (Å²) in [5, 5.41) is 51.6. The number of benzene rings is 2. The molecular weight excluding hydrogens is 1080 g/mol. The number of esters is 3. The fourth-order valence-corrected chi connectivity index (χ4v) is 9.95. The quantitative estimate of drug-likeness (QED) is 0.0969. The molecule has 2 aromatic carbocycles. The van der Waals surface area contributed by atoms with Gasteiger partial charge in [-0.05, 0) is 63.5 Å². The smallest absolute Gasteiger partial charge is 0.408 e. The Morgan fingerprint density at radius 3 is 2.09 bits per heavy atom. The van der Waals surface area contributed by atoms with Crippen LogP contribution >= 0.6 is 0 Å². The van der Waals surface area contributed by atoms with Gasteiger partial charge in [0.25, 0.3) is 5.56 Å². The van der Waals surface area contributed by atoms with Gasteiger partial charge in [-0.3, -0.25) is 19.4 Å². The molecule has 1 saturated heterocycles. The van der Waals surface area contributed by atoms with Gasteiger partial charge >= 0.3 is 29.7 Å². The number of amides is 1. The third-order valence-corrected chi connectivity index (χ3v) is 13.3. The maximum absolute atomic E-state index is 14.9. The molecular formula is C47H56FN3O16Pt. The van der Waals surface area contributed by atoms with E-state index in [9.17, 15) is 58.4 Å². The van der Waals surface area contributed by atoms with Gasteiger partial charge in [0.15, 0.2) is 17.5 Å². The third-order valence-electron chi connectivity index (χ3n) is 13.3. The van der Waals surface area contributed by atoms with Crippen molar-refractivity contribution < 1.29 is 93.5 Å². The average molecular weight is 1130 g/mol. The second-order valence-corrected chi connectivity index (χ2v) is 19.0. The number of nitrogens with one attached hydrogen (secondary N) is 3. The number of aromatic nitrogens is 2. The molecule has 0 radical (unpaired) electrons. The summed E-state index contributed by atoms with van der Waals surface area (Å²) in [6, 6.07) is 14.6. The zero-order chi connectivity index (χ0) is 49.6. The molecule has 2 bridgehead atoms. The molecule has 3 aliphatic carbocycles. The van der Waals surface area contributed by atoms with Crippen molar-refractivity contribution in [3.8, 4) is 0 Å². The van der Waals surface area contributed by atoms with Crippen molar-refractivity contribution in [1.82, 2.24) is 15.3 Å². The Hall–Kier alpha value is -5.37. The van der Waals surface area contributed by atoms with Crippen LogP contribution in [0.4, 0.5) is 9.18 Å². The number of carbonyl (C=O) groups is 5. The number of ether oxygens (including phenoxy) is 5. The van der Waals surface area contributed by atoms with E-state index in [-0.39, 0.29) is 50.8 Å². The maximum Gasteiger partial charge on any atom is 0.408 e. The van der Waals surface area contributed by atoms with Crippen molar-refractivity contribution in [2.75, 3.05) is 6.61 Å². The minimum absolute atomic E-state index is 0. The molecule has 4 aliphatic rings. The molecule has 21 heteroatoms. The molecule has 7 N–H and O–H groups in total. The molecule has 3 aromatic rings. The molecule has 372 valence electrons. The Labute approximate surface area is 404 Å². The van der Waals surface area contributed by atoms with Gasteiger partial charge in [0, 0.05) is 52.4 Å². The first-order valence-corrected chi connectivity index (χ1v) is 21.5. The Morgan fingerprint density at radius 1 is 0.956 bits per heavy atom. The Bertz CT molecular complexity index is 2550. The number of halogens is 1. The van der Waals surface area contributed by atoms with E-state index in [0.717, 1.165) is 6.92 Å². The summed E-state index contributed by atoms with van der Waals surface area (Å²) in [6.07, 6.45) is -10.8. The number of Topliss-reactive ketones (excluding diaryl/α,β-unsaturated/α-hetero) is 1. The number of rotatable bonds is 8. The summed E-state index contributed by atoms with van der Waals surface area (Å²) < 4.78 is 41.5. The summed E-state index contributed by atoms with van der Waals surface area (Å²) in [6.45, 7) is 11.8. The van der Waals surface area contributed by atoms with E-state index in [1.807, 2.05) is 4.98 Å². The number of hydrogen-bond donors (Lipinski definition) is 7. The fourth-order valence-electron chi connectivity index (χ4n) is 9.95. The fraction of sp³-hybridized carbons (Fsp3) is 0.511. The second-order valence-electron chi connectivity index (χ2n) is 19.0. The van der Waals surface area contributed by atoms with Crippen molar-refractivity contribution >= 4 is 29.8 Å². The minimum atomic E-state index is -2.35. The van der Waals surface area contributed by atoms with Crippen LogP contribution in [0.3, 0.4) is 0 Å². The SMILES string of the molecule is CC(=O)O[C@@]12CO[C@@H]1C[C@H](O)[C@@]1(C)C(=O)[C@H](O)C3=C(C)[C@@H](OC(=O)[C@H](O)[C@@H](NC(=O)OC(C)(C)C)c4ccccc4)C[C@@](O)([C@@H](OC(=O)c4ccccc4)[C@H]21)C3(C)C.O=c1[nH]cc(F)c(=O)[nH]1.[Pt]. The molecule has 3 fully saturated rings. The van der Waals surface area contributed by atoms with E-state index in [1.54, 1.807) is 88.1 Å². The molecule has 0 spiro atoms. The zero-order valence-electron chi connectivity index (χ0n) is 38.5. The monoisotopic (exact) mass is 1130 g/mol. The normalized spacial score (nSPS) is 30.0. The molecule has 2 saturated carbocycles. The first-order chi connectivity index (χ1) is 31.2. The topological polar surface area (TPSA) is 290 Å². The van der Waals surface area contributed by atoms with Crippen molar-refractivity contribution in [3.05, 3.63) is 116 Å². The van der Waals surface area contributed by atoms with Crippen LogP contribution in [-0.2, 0) is 59.1 Å². The average Bonchev–Trinajstić information content (AvgIpc) is 3.25. The van der Waals surface area contributed by atoms with E-state index in [1.165, 1.54) is 26.0 Å². The largest absolute Gasteiger partial charge is 0.456 e. The number of aliphatic hydroxyl groups is 4. The summed E-state index contributed by atoms with van der Waals surface area (Å²) in [5.74, 6) is -6.35. The van der Waals surface area contributed by atoms with Crippen LogP contribution in [0.2, 0.25) is 0 Å². The van der Waals surface area contributed by atoms with E-state index < -0.39 is 129 Å². The number of ketones is 1. The van der Waals surface area contributed by atoms with E-state index in [2.05, 4.69) is 5.32 Å². The van der Waals surface area contributed by atoms with E-state index in [0.29, 0.717) is 11.8 Å². The second kappa shape index (κ2) is 19.9. The number of carbonyl (C=O) groups excluding carboxylic acids is 5. The van der Waals surface area contributed by atoms with Gasteiger partial charge in [0.05, 0.1) is 35.6 Å². The van der Waals surface area contributed by atoms with Gasteiger partial charge in [-0.1, -0.05) is 62.4 Å². The first kappa shape index (κ1) is 53.6. The van der Waals surface area contributed by atoms with Crippen LogP contribution in [0, 0.1) is 22.6 Å². The van der Waals surface area contributed by atoms with Crippen molar-refractivity contribution in [3.63, 3.8) is 0 Å². The molecule has 68 heavy (non-hydrogen) atoms. The van der Waals surface area contributed by atoms with Gasteiger partial charge in [0.1, 0.15) is 35.6 Å². The molecule has 2 heterocycles. The zero-order valence-corrected chi connectivity index (χ0v) is 40.7. The number of H-pyrrole nitrogens is 2. The Kier molecular flexibility index (Phi) is 15.7. The predicted octanol–water partition coefficient (Wildman–Crippen LogP) is 2.46. The van der Waals surface area contributed by atoms with E-state index in [4.69, 9.17) is 23.7 Å². The van der Waals surface area contributed by atoms with Crippen LogP contribution in [0.15, 0.2) is 87.6 Å². The molecule has 11 atom stereocenters. The van der Waals surface area contributed by atoms with Gasteiger partial charge < -0.3 is 54.4 Å². The standard InChI is InChI=1S/C43H53NO14.C4H3FN2O2.Pt/c1-22-26(55-37(51)32(48)30(24-15-11-9-12-16-24)44-38(52)58-39(3,4)5)20-43(53)35(56-36(50)25-17-13-10-14-18-25)33-41(8,34(49)31(47)29(22)40(43,6)7)27(46)19-28-42(33,21-54-28)57-23(2)45;5-2-1-6-4(9)7-3(2)8;/h9-18,26-28,30-33,35,46-48,53H,19-21H2,1-8H3,(H,44,52);1H,(H2,6,7,8,9);/t26-,27-,28+,30-,31+,32+,33-,35-,41+,42-,43+;;/m0../s1. The van der Waals surface area contributed by atoms with Gasteiger partial charge in [-0.15, -0.1) is 0 Å². The van der Waals surface area contributed by atoms with Gasteiger partial charge in [-0.25, -0.2) is 19.2 Å². The van der Waals surface area contributed by atoms with Crippen LogP contribution in [0.1, 0.15) is 90.2 Å². The minimum Gasteiger partial charge on any atom is -0.456 e. The Balaban J connectivity index is 0.000000774. The van der Waals surface area contributed by atoms with E-state index >= 15 is 0 Å². The Morgan fingerprint density at radius 2 is 1.56 bits per heavy atom. The molecule has 1 aromatic heterocycles. The summed E-state index contributed by atoms with van der Waals surface area (Å²) >= 11 is 0. The number of hydrogen-bond acceptors (Lipinski definition) is 16. The van der Waals surface area contributed by atoms with Crippen LogP contribution in [0.25, 0.3) is 0 Å². The van der Waals surface area contributed by atoms with Crippen LogP contribution in [-0.4, -0.2) is 120 Å². The number of alkyl carbamates (subject to hydrolysis) is 1. The molecule has 1 aliphatic heterocycles.